The molecule has 9 aromatic rings. The van der Waals surface area contributed by atoms with Gasteiger partial charge in [0, 0.05) is 34.2 Å². The Labute approximate surface area is 371 Å². The highest BCUT2D eigenvalue weighted by atomic mass is 14.6. The largest absolute Gasteiger partial charge is 0.264 e. The molecule has 302 valence electrons. The zero-order valence-corrected chi connectivity index (χ0v) is 36.8. The summed E-state index contributed by atoms with van der Waals surface area (Å²) in [6, 6.07) is 66.8. The molecule has 0 saturated carbocycles. The molecule has 0 radical (unpaired) electrons. The van der Waals surface area contributed by atoms with Gasteiger partial charge in [-0.25, -0.2) is 0 Å². The summed E-state index contributed by atoms with van der Waals surface area (Å²) in [5, 5.41) is 0. The van der Waals surface area contributed by atoms with E-state index in [1.165, 1.54) is 111 Å². The molecule has 8 aromatic carbocycles. The van der Waals surface area contributed by atoms with Crippen LogP contribution in [0.5, 0.6) is 0 Å². The third-order valence-corrected chi connectivity index (χ3v) is 14.9. The summed E-state index contributed by atoms with van der Waals surface area (Å²) in [5.74, 6) is 0. The molecule has 0 bridgehead atoms. The minimum atomic E-state index is -0.0955. The molecule has 3 aliphatic rings. The van der Waals surface area contributed by atoms with Crippen LogP contribution in [0.3, 0.4) is 0 Å². The van der Waals surface area contributed by atoms with Gasteiger partial charge >= 0.3 is 0 Å². The van der Waals surface area contributed by atoms with E-state index >= 15 is 0 Å². The predicted octanol–water partition coefficient (Wildman–Crippen LogP) is 16.3. The van der Waals surface area contributed by atoms with Crippen LogP contribution < -0.4 is 0 Å². The van der Waals surface area contributed by atoms with E-state index in [2.05, 4.69) is 216 Å². The van der Waals surface area contributed by atoms with E-state index in [1.807, 2.05) is 18.5 Å². The molecular formula is C62H49N. The Morgan fingerprint density at radius 1 is 0.254 bits per heavy atom. The quantitative estimate of drug-likeness (QED) is 0.169. The fraction of sp³-hybridized carbons (Fsp3) is 0.145. The number of fused-ring (bicyclic) bond motifs is 9. The van der Waals surface area contributed by atoms with Crippen molar-refractivity contribution in [1.82, 2.24) is 4.98 Å². The minimum Gasteiger partial charge on any atom is -0.264 e. The maximum atomic E-state index is 4.57. The van der Waals surface area contributed by atoms with E-state index in [9.17, 15) is 0 Å². The topological polar surface area (TPSA) is 12.9 Å². The lowest BCUT2D eigenvalue weighted by molar-refractivity contribution is 0.660. The van der Waals surface area contributed by atoms with Gasteiger partial charge in [-0.3, -0.25) is 4.98 Å². The van der Waals surface area contributed by atoms with Gasteiger partial charge in [0.1, 0.15) is 0 Å². The lowest BCUT2D eigenvalue weighted by atomic mass is 9.80. The number of hydrogen-bond donors (Lipinski definition) is 0. The molecule has 1 aromatic heterocycles. The normalized spacial score (nSPS) is 15.2. The smallest absolute Gasteiger partial charge is 0.0346 e. The predicted molar refractivity (Wildman–Crippen MR) is 264 cm³/mol. The van der Waals surface area contributed by atoms with Gasteiger partial charge in [-0.15, -0.1) is 0 Å². The fourth-order valence-electron chi connectivity index (χ4n) is 11.4. The summed E-state index contributed by atoms with van der Waals surface area (Å²) in [5.41, 5.74) is 28.0. The maximum absolute atomic E-state index is 4.57. The third kappa shape index (κ3) is 5.65. The van der Waals surface area contributed by atoms with Gasteiger partial charge in [-0.1, -0.05) is 157 Å². The molecule has 0 saturated heterocycles. The van der Waals surface area contributed by atoms with Gasteiger partial charge in [0.05, 0.1) is 0 Å². The average molecular weight is 808 g/mol. The lowest BCUT2D eigenvalue weighted by Crippen LogP contribution is -2.15. The van der Waals surface area contributed by atoms with Crippen molar-refractivity contribution in [3.63, 3.8) is 0 Å². The number of aromatic nitrogens is 1. The highest BCUT2D eigenvalue weighted by Gasteiger charge is 2.38. The van der Waals surface area contributed by atoms with Crippen molar-refractivity contribution >= 4 is 0 Å². The molecule has 0 atom stereocenters. The van der Waals surface area contributed by atoms with Crippen molar-refractivity contribution in [3.05, 3.63) is 222 Å². The second kappa shape index (κ2) is 13.5. The van der Waals surface area contributed by atoms with Crippen LogP contribution in [0.4, 0.5) is 0 Å². The van der Waals surface area contributed by atoms with Crippen LogP contribution in [0.25, 0.3) is 89.0 Å². The van der Waals surface area contributed by atoms with E-state index < -0.39 is 0 Å². The molecule has 0 spiro atoms. The summed E-state index contributed by atoms with van der Waals surface area (Å²) in [7, 11) is 0. The van der Waals surface area contributed by atoms with E-state index in [0.717, 1.165) is 11.1 Å². The van der Waals surface area contributed by atoms with Crippen molar-refractivity contribution in [2.75, 3.05) is 0 Å². The van der Waals surface area contributed by atoms with Crippen molar-refractivity contribution in [1.29, 1.82) is 0 Å². The highest BCUT2D eigenvalue weighted by molar-refractivity contribution is 5.91. The number of rotatable bonds is 5. The first kappa shape index (κ1) is 37.7. The first-order chi connectivity index (χ1) is 30.5. The monoisotopic (exact) mass is 807 g/mol. The third-order valence-electron chi connectivity index (χ3n) is 14.9. The molecule has 0 N–H and O–H groups in total. The Morgan fingerprint density at radius 3 is 0.889 bits per heavy atom. The fourth-order valence-corrected chi connectivity index (χ4v) is 11.4. The molecule has 0 unspecified atom stereocenters. The second-order valence-corrected chi connectivity index (χ2v) is 19.6. The Hall–Kier alpha value is -7.09. The Bertz CT molecular complexity index is 3230. The van der Waals surface area contributed by atoms with E-state index in [4.69, 9.17) is 0 Å². The lowest BCUT2D eigenvalue weighted by Gasteiger charge is -2.23. The summed E-state index contributed by atoms with van der Waals surface area (Å²) in [6.45, 7) is 14.2. The molecule has 63 heavy (non-hydrogen) atoms. The molecule has 0 aliphatic heterocycles. The van der Waals surface area contributed by atoms with Crippen molar-refractivity contribution < 1.29 is 0 Å². The molecule has 12 rings (SSSR count). The van der Waals surface area contributed by atoms with Gasteiger partial charge in [0.15, 0.2) is 0 Å². The molecule has 0 fully saturated rings. The van der Waals surface area contributed by atoms with E-state index in [-0.39, 0.29) is 16.2 Å². The van der Waals surface area contributed by atoms with E-state index in [0.29, 0.717) is 0 Å². The Morgan fingerprint density at radius 2 is 0.556 bits per heavy atom. The number of pyridine rings is 1. The maximum Gasteiger partial charge on any atom is 0.0346 e. The van der Waals surface area contributed by atoms with Crippen LogP contribution >= 0.6 is 0 Å². The highest BCUT2D eigenvalue weighted by Crippen LogP contribution is 2.53. The average Bonchev–Trinajstić information content (AvgIpc) is 3.80. The molecule has 3 aliphatic carbocycles. The zero-order valence-electron chi connectivity index (χ0n) is 36.8. The summed E-state index contributed by atoms with van der Waals surface area (Å²) in [4.78, 5) is 4.57. The van der Waals surface area contributed by atoms with Gasteiger partial charge < -0.3 is 0 Å². The van der Waals surface area contributed by atoms with Crippen molar-refractivity contribution in [2.45, 2.75) is 57.8 Å². The first-order valence-corrected chi connectivity index (χ1v) is 22.4. The summed E-state index contributed by atoms with van der Waals surface area (Å²) in [6.07, 6.45) is 3.85. The standard InChI is InChI=1S/C62H49N/c1-60(2)54-18-10-7-15-48(54)51-24-21-38(34-57(51)60)42-28-43(39-22-25-52-49-16-8-11-19-55(49)61(3,4)58(52)35-39)31-46(30-42)47-32-44(29-45(33-47)41-14-13-27-63-37-41)40-23-26-53-50-17-9-12-20-56(50)62(5,6)59(53)36-40/h7-37H,1-6H3. The SMILES string of the molecule is CC1(C)c2ccccc2-c2ccc(-c3cc(-c4cccnc4)cc(-c4cc(-c5ccc6c(c5)C(C)(C)c5ccccc5-6)cc(-c5ccc6c(c5)C(C)(C)c5ccccc5-6)c4)c3)cc21. The van der Waals surface area contributed by atoms with Crippen molar-refractivity contribution in [2.24, 2.45) is 0 Å². The van der Waals surface area contributed by atoms with Gasteiger partial charge in [-0.05, 0) is 177 Å². The Kier molecular flexibility index (Phi) is 8.04. The summed E-state index contributed by atoms with van der Waals surface area (Å²) < 4.78 is 0. The van der Waals surface area contributed by atoms with Gasteiger partial charge in [-0.2, -0.15) is 0 Å². The van der Waals surface area contributed by atoms with E-state index in [1.54, 1.807) is 0 Å². The minimum absolute atomic E-state index is 0.0907. The van der Waals surface area contributed by atoms with Crippen LogP contribution in [0, 0.1) is 0 Å². The van der Waals surface area contributed by atoms with Crippen LogP contribution in [0.2, 0.25) is 0 Å². The van der Waals surface area contributed by atoms with Gasteiger partial charge in [0.25, 0.3) is 0 Å². The number of nitrogens with zero attached hydrogens (tertiary/aromatic N) is 1. The van der Waals surface area contributed by atoms with Crippen LogP contribution in [-0.4, -0.2) is 4.98 Å². The summed E-state index contributed by atoms with van der Waals surface area (Å²) >= 11 is 0. The molecule has 0 amide bonds. The molecule has 1 nitrogen and oxygen atoms in total. The second-order valence-electron chi connectivity index (χ2n) is 19.6. The number of benzene rings is 8. The van der Waals surface area contributed by atoms with Crippen LogP contribution in [0.1, 0.15) is 74.9 Å². The van der Waals surface area contributed by atoms with Gasteiger partial charge in [0.2, 0.25) is 0 Å². The zero-order chi connectivity index (χ0) is 42.8. The van der Waals surface area contributed by atoms with Crippen LogP contribution in [0.15, 0.2) is 188 Å². The first-order valence-electron chi connectivity index (χ1n) is 22.4. The molecule has 1 heterocycles. The Balaban J connectivity index is 1.06. The number of hydrogen-bond acceptors (Lipinski definition) is 1. The van der Waals surface area contributed by atoms with Crippen molar-refractivity contribution in [3.8, 4) is 89.0 Å². The molecular weight excluding hydrogens is 759 g/mol. The molecule has 1 heteroatoms. The van der Waals surface area contributed by atoms with Crippen LogP contribution in [-0.2, 0) is 16.2 Å².